The summed E-state index contributed by atoms with van der Waals surface area (Å²) in [5.41, 5.74) is -0.631. The third-order valence-corrected chi connectivity index (χ3v) is 2.78. The van der Waals surface area contributed by atoms with E-state index >= 15 is 0 Å². The average Bonchev–Trinajstić information content (AvgIpc) is 2.46. The van der Waals surface area contributed by atoms with E-state index in [1.165, 1.54) is 24.5 Å². The van der Waals surface area contributed by atoms with Gasteiger partial charge in [0.25, 0.3) is 5.91 Å². The van der Waals surface area contributed by atoms with E-state index in [9.17, 15) is 18.0 Å². The van der Waals surface area contributed by atoms with Crippen LogP contribution < -0.4 is 10.6 Å². The Morgan fingerprint density at radius 2 is 1.83 bits per heavy atom. The predicted molar refractivity (Wildman–Crippen MR) is 80.2 cm³/mol. The first-order valence-electron chi connectivity index (χ1n) is 6.83. The number of hydrogen-bond donors (Lipinski definition) is 2. The second-order valence-electron chi connectivity index (χ2n) is 5.13. The predicted octanol–water partition coefficient (Wildman–Crippen LogP) is 3.57. The van der Waals surface area contributed by atoms with Gasteiger partial charge in [-0.15, -0.1) is 0 Å². The molecule has 2 N–H and O–H groups in total. The van der Waals surface area contributed by atoms with Gasteiger partial charge in [-0.3, -0.25) is 4.79 Å². The van der Waals surface area contributed by atoms with Gasteiger partial charge in [-0.1, -0.05) is 6.07 Å². The summed E-state index contributed by atoms with van der Waals surface area (Å²) in [6, 6.07) is 4.55. The van der Waals surface area contributed by atoms with E-state index in [-0.39, 0.29) is 17.3 Å². The highest BCUT2D eigenvalue weighted by Gasteiger charge is 2.30. The van der Waals surface area contributed by atoms with Gasteiger partial charge in [0.15, 0.2) is 0 Å². The zero-order chi connectivity index (χ0) is 17.0. The molecule has 0 atom stereocenters. The van der Waals surface area contributed by atoms with E-state index in [2.05, 4.69) is 20.6 Å². The monoisotopic (exact) mass is 324 g/mol. The van der Waals surface area contributed by atoms with Crippen LogP contribution in [-0.2, 0) is 6.18 Å². The maximum Gasteiger partial charge on any atom is 0.416 e. The molecule has 8 heteroatoms. The smallest absolute Gasteiger partial charge is 0.352 e. The molecule has 2 rings (SSSR count). The Balaban J connectivity index is 2.10. The molecule has 0 bridgehead atoms. The molecule has 0 aliphatic heterocycles. The number of rotatable bonds is 4. The summed E-state index contributed by atoms with van der Waals surface area (Å²) in [5.74, 6) is -0.212. The molecule has 0 saturated heterocycles. The van der Waals surface area contributed by atoms with Crippen LogP contribution in [0.3, 0.4) is 0 Å². The molecule has 1 aromatic heterocycles. The molecule has 1 heterocycles. The molecule has 1 aromatic carbocycles. The van der Waals surface area contributed by atoms with Crippen LogP contribution in [-0.4, -0.2) is 21.9 Å². The molecule has 1 amide bonds. The fourth-order valence-electron chi connectivity index (χ4n) is 1.75. The van der Waals surface area contributed by atoms with Gasteiger partial charge in [-0.25, -0.2) is 9.97 Å². The third-order valence-electron chi connectivity index (χ3n) is 2.78. The molecular weight excluding hydrogens is 309 g/mol. The van der Waals surface area contributed by atoms with Crippen LogP contribution >= 0.6 is 0 Å². The number of anilines is 2. The van der Waals surface area contributed by atoms with Gasteiger partial charge >= 0.3 is 6.18 Å². The highest BCUT2D eigenvalue weighted by molar-refractivity contribution is 6.03. The maximum absolute atomic E-state index is 12.6. The van der Waals surface area contributed by atoms with Crippen LogP contribution in [0.15, 0.2) is 36.7 Å². The first kappa shape index (κ1) is 16.7. The minimum absolute atomic E-state index is 0.0502. The van der Waals surface area contributed by atoms with Gasteiger partial charge in [0.05, 0.1) is 11.1 Å². The van der Waals surface area contributed by atoms with Crippen molar-refractivity contribution in [3.05, 3.63) is 47.8 Å². The zero-order valence-corrected chi connectivity index (χ0v) is 12.5. The van der Waals surface area contributed by atoms with Crippen molar-refractivity contribution in [2.45, 2.75) is 26.1 Å². The molecule has 23 heavy (non-hydrogen) atoms. The fourth-order valence-corrected chi connectivity index (χ4v) is 1.75. The van der Waals surface area contributed by atoms with E-state index in [1.54, 1.807) is 0 Å². The van der Waals surface area contributed by atoms with Crippen molar-refractivity contribution in [3.8, 4) is 0 Å². The third kappa shape index (κ3) is 4.67. The first-order valence-corrected chi connectivity index (χ1v) is 6.83. The van der Waals surface area contributed by atoms with Crippen molar-refractivity contribution in [1.82, 2.24) is 9.97 Å². The van der Waals surface area contributed by atoms with Crippen LogP contribution in [0.2, 0.25) is 0 Å². The molecule has 0 unspecified atom stereocenters. The normalized spacial score (nSPS) is 11.4. The molecule has 0 saturated carbocycles. The summed E-state index contributed by atoms with van der Waals surface area (Å²) in [4.78, 5) is 20.0. The lowest BCUT2D eigenvalue weighted by atomic mass is 10.2. The quantitative estimate of drug-likeness (QED) is 0.902. The lowest BCUT2D eigenvalue weighted by molar-refractivity contribution is -0.137. The summed E-state index contributed by atoms with van der Waals surface area (Å²) < 4.78 is 37.9. The standard InChI is InChI=1S/C15H15F3N4O/c1-9(2)21-14-19-7-10(8-20-14)13(23)22-12-5-3-4-11(6-12)15(16,17)18/h3-9H,1-2H3,(H,22,23)(H,19,20,21). The summed E-state index contributed by atoms with van der Waals surface area (Å²) in [7, 11) is 0. The van der Waals surface area contributed by atoms with Crippen molar-refractivity contribution in [1.29, 1.82) is 0 Å². The van der Waals surface area contributed by atoms with Gasteiger partial charge in [-0.2, -0.15) is 13.2 Å². The molecule has 0 fully saturated rings. The molecular formula is C15H15F3N4O. The van der Waals surface area contributed by atoms with Crippen LogP contribution in [0, 0.1) is 0 Å². The highest BCUT2D eigenvalue weighted by atomic mass is 19.4. The van der Waals surface area contributed by atoms with Gasteiger partial charge in [0, 0.05) is 24.1 Å². The Hall–Kier alpha value is -2.64. The van der Waals surface area contributed by atoms with Gasteiger partial charge < -0.3 is 10.6 Å². The number of hydrogen-bond acceptors (Lipinski definition) is 4. The Labute approximate surface area is 131 Å². The second kappa shape index (κ2) is 6.64. The number of alkyl halides is 3. The molecule has 122 valence electrons. The number of nitrogens with zero attached hydrogens (tertiary/aromatic N) is 2. The Bertz CT molecular complexity index is 684. The van der Waals surface area contributed by atoms with Crippen LogP contribution in [0.25, 0.3) is 0 Å². The van der Waals surface area contributed by atoms with E-state index in [4.69, 9.17) is 0 Å². The van der Waals surface area contributed by atoms with Crippen LogP contribution in [0.4, 0.5) is 24.8 Å². The average molecular weight is 324 g/mol. The van der Waals surface area contributed by atoms with Crippen LogP contribution in [0.1, 0.15) is 29.8 Å². The van der Waals surface area contributed by atoms with Gasteiger partial charge in [-0.05, 0) is 32.0 Å². The van der Waals surface area contributed by atoms with E-state index in [1.807, 2.05) is 13.8 Å². The number of carbonyl (C=O) groups excluding carboxylic acids is 1. The van der Waals surface area contributed by atoms with E-state index in [0.717, 1.165) is 12.1 Å². The number of carbonyl (C=O) groups is 1. The summed E-state index contributed by atoms with van der Waals surface area (Å²) in [6.45, 7) is 3.83. The van der Waals surface area contributed by atoms with Crippen molar-refractivity contribution in [2.75, 3.05) is 10.6 Å². The molecule has 0 radical (unpaired) electrons. The Morgan fingerprint density at radius 3 is 2.39 bits per heavy atom. The first-order chi connectivity index (χ1) is 10.8. The van der Waals surface area contributed by atoms with Crippen LogP contribution in [0.5, 0.6) is 0 Å². The maximum atomic E-state index is 12.6. The largest absolute Gasteiger partial charge is 0.416 e. The molecule has 5 nitrogen and oxygen atoms in total. The zero-order valence-electron chi connectivity index (χ0n) is 12.5. The second-order valence-corrected chi connectivity index (χ2v) is 5.13. The van der Waals surface area contributed by atoms with E-state index < -0.39 is 17.6 Å². The molecule has 0 aliphatic rings. The number of halogens is 3. The summed E-state index contributed by atoms with van der Waals surface area (Å²) in [5, 5.41) is 5.36. The minimum atomic E-state index is -4.46. The van der Waals surface area contributed by atoms with E-state index in [0.29, 0.717) is 5.95 Å². The lowest BCUT2D eigenvalue weighted by Gasteiger charge is -2.10. The van der Waals surface area contributed by atoms with Gasteiger partial charge in [0.2, 0.25) is 5.95 Å². The Kier molecular flexibility index (Phi) is 4.83. The highest BCUT2D eigenvalue weighted by Crippen LogP contribution is 2.30. The number of aromatic nitrogens is 2. The molecule has 2 aromatic rings. The number of nitrogens with one attached hydrogen (secondary N) is 2. The SMILES string of the molecule is CC(C)Nc1ncc(C(=O)Nc2cccc(C(F)(F)F)c2)cn1. The molecule has 0 spiro atoms. The summed E-state index contributed by atoms with van der Waals surface area (Å²) >= 11 is 0. The number of amides is 1. The van der Waals surface area contributed by atoms with Crippen molar-refractivity contribution < 1.29 is 18.0 Å². The van der Waals surface area contributed by atoms with Gasteiger partial charge in [0.1, 0.15) is 0 Å². The Morgan fingerprint density at radius 1 is 1.17 bits per heavy atom. The fraction of sp³-hybridized carbons (Fsp3) is 0.267. The minimum Gasteiger partial charge on any atom is -0.352 e. The number of benzene rings is 1. The topological polar surface area (TPSA) is 66.9 Å². The summed E-state index contributed by atoms with van der Waals surface area (Å²) in [6.07, 6.45) is -1.85. The molecule has 0 aliphatic carbocycles. The van der Waals surface area contributed by atoms with Crippen molar-refractivity contribution in [3.63, 3.8) is 0 Å². The lowest BCUT2D eigenvalue weighted by Crippen LogP contribution is -2.16. The van der Waals surface area contributed by atoms with Crippen molar-refractivity contribution in [2.24, 2.45) is 0 Å². The van der Waals surface area contributed by atoms with Crippen molar-refractivity contribution >= 4 is 17.5 Å².